The Bertz CT molecular complexity index is 751. The van der Waals surface area contributed by atoms with Gasteiger partial charge in [0.2, 0.25) is 5.91 Å². The first-order valence-electron chi connectivity index (χ1n) is 10.1. The Kier molecular flexibility index (Phi) is 7.03. The molecule has 1 N–H and O–H groups in total. The van der Waals surface area contributed by atoms with Crippen LogP contribution in [0.15, 0.2) is 18.2 Å². The lowest BCUT2D eigenvalue weighted by Gasteiger charge is -2.39. The molecule has 2 fully saturated rings. The van der Waals surface area contributed by atoms with Crippen molar-refractivity contribution >= 4 is 23.4 Å². The molecule has 0 radical (unpaired) electrons. The van der Waals surface area contributed by atoms with Crippen molar-refractivity contribution in [1.82, 2.24) is 14.7 Å². The number of aliphatic hydroxyl groups is 1. The Morgan fingerprint density at radius 1 is 1.24 bits per heavy atom. The fraction of sp³-hybridized carbons (Fsp3) is 0.619. The monoisotopic (exact) mass is 423 g/mol. The molecule has 2 amide bonds. The summed E-state index contributed by atoms with van der Waals surface area (Å²) < 4.78 is 5.62. The van der Waals surface area contributed by atoms with Gasteiger partial charge >= 0.3 is 0 Å². The second kappa shape index (κ2) is 9.32. The third-order valence-electron chi connectivity index (χ3n) is 6.16. The highest BCUT2D eigenvalue weighted by Crippen LogP contribution is 2.29. The molecule has 0 unspecified atom stereocenters. The first-order valence-corrected chi connectivity index (χ1v) is 10.5. The Balaban J connectivity index is 1.51. The lowest BCUT2D eigenvalue weighted by atomic mass is 10.1. The van der Waals surface area contributed by atoms with Crippen LogP contribution < -0.4 is 4.74 Å². The number of aryl methyl sites for hydroxylation is 1. The molecule has 0 aromatic heterocycles. The van der Waals surface area contributed by atoms with Crippen LogP contribution >= 0.6 is 11.6 Å². The molecule has 29 heavy (non-hydrogen) atoms. The van der Waals surface area contributed by atoms with Crippen LogP contribution in [0.4, 0.5) is 0 Å². The summed E-state index contributed by atoms with van der Waals surface area (Å²) in [4.78, 5) is 29.8. The summed E-state index contributed by atoms with van der Waals surface area (Å²) in [6.45, 7) is 6.27. The minimum absolute atomic E-state index is 0.0178. The predicted molar refractivity (Wildman–Crippen MR) is 111 cm³/mol. The molecule has 1 aliphatic carbocycles. The smallest absolute Gasteiger partial charge is 0.260 e. The van der Waals surface area contributed by atoms with E-state index < -0.39 is 6.10 Å². The van der Waals surface area contributed by atoms with Crippen LogP contribution in [0.25, 0.3) is 0 Å². The third-order valence-corrected chi connectivity index (χ3v) is 6.58. The van der Waals surface area contributed by atoms with E-state index in [4.69, 9.17) is 16.3 Å². The molecule has 8 heteroatoms. The van der Waals surface area contributed by atoms with Crippen LogP contribution in [0.3, 0.4) is 0 Å². The van der Waals surface area contributed by atoms with E-state index in [0.717, 1.165) is 31.5 Å². The Labute approximate surface area is 177 Å². The van der Waals surface area contributed by atoms with E-state index >= 15 is 0 Å². The molecule has 3 atom stereocenters. The number of ether oxygens (including phenoxy) is 1. The largest absolute Gasteiger partial charge is 0.484 e. The van der Waals surface area contributed by atoms with Gasteiger partial charge in [-0.3, -0.25) is 14.5 Å². The molecule has 3 rings (SSSR count). The zero-order valence-corrected chi connectivity index (χ0v) is 18.1. The number of benzene rings is 1. The summed E-state index contributed by atoms with van der Waals surface area (Å²) in [5.74, 6) is 0.529. The van der Waals surface area contributed by atoms with Gasteiger partial charge in [-0.05, 0) is 43.5 Å². The topological polar surface area (TPSA) is 73.3 Å². The van der Waals surface area contributed by atoms with Gasteiger partial charge in [-0.15, -0.1) is 0 Å². The van der Waals surface area contributed by atoms with Gasteiger partial charge in [0.25, 0.3) is 5.91 Å². The first-order chi connectivity index (χ1) is 13.8. The molecular formula is C21H30ClN3O4. The van der Waals surface area contributed by atoms with E-state index in [1.54, 1.807) is 37.1 Å². The molecule has 2 aliphatic rings. The van der Waals surface area contributed by atoms with E-state index in [1.165, 1.54) is 0 Å². The van der Waals surface area contributed by atoms with E-state index in [9.17, 15) is 14.7 Å². The maximum Gasteiger partial charge on any atom is 0.260 e. The molecule has 0 bridgehead atoms. The van der Waals surface area contributed by atoms with E-state index in [2.05, 4.69) is 4.90 Å². The Hall–Kier alpha value is -1.83. The molecule has 1 saturated carbocycles. The number of carbonyl (C=O) groups excluding carboxylic acids is 2. The van der Waals surface area contributed by atoms with Crippen molar-refractivity contribution < 1.29 is 19.4 Å². The SMILES string of the molecule is CC(=O)N1CCN([C@@H]2CC[C@@H](N(C)C(=O)COc3ccc(Cl)c(C)c3)[C@H]2O)CC1. The summed E-state index contributed by atoms with van der Waals surface area (Å²) in [6.07, 6.45) is 0.979. The molecule has 1 aliphatic heterocycles. The number of piperazine rings is 1. The van der Waals surface area contributed by atoms with Crippen molar-refractivity contribution in [2.24, 2.45) is 0 Å². The average Bonchev–Trinajstić information content (AvgIpc) is 3.09. The normalized spacial score (nSPS) is 25.1. The third kappa shape index (κ3) is 5.02. The number of rotatable bonds is 5. The Morgan fingerprint density at radius 3 is 2.55 bits per heavy atom. The van der Waals surface area contributed by atoms with E-state index in [1.807, 2.05) is 11.8 Å². The van der Waals surface area contributed by atoms with E-state index in [-0.39, 0.29) is 30.5 Å². The fourth-order valence-corrected chi connectivity index (χ4v) is 4.39. The lowest BCUT2D eigenvalue weighted by Crippen LogP contribution is -2.55. The minimum atomic E-state index is -0.606. The summed E-state index contributed by atoms with van der Waals surface area (Å²) in [5.41, 5.74) is 0.892. The molecule has 1 aromatic carbocycles. The number of aliphatic hydroxyl groups excluding tert-OH is 1. The minimum Gasteiger partial charge on any atom is -0.484 e. The van der Waals surface area contributed by atoms with Crippen LogP contribution in [0.1, 0.15) is 25.3 Å². The van der Waals surface area contributed by atoms with Crippen molar-refractivity contribution in [1.29, 1.82) is 0 Å². The zero-order valence-electron chi connectivity index (χ0n) is 17.3. The number of hydrogen-bond acceptors (Lipinski definition) is 5. The maximum absolute atomic E-state index is 12.6. The lowest BCUT2D eigenvalue weighted by molar-refractivity contribution is -0.137. The highest BCUT2D eigenvalue weighted by Gasteiger charge is 2.42. The molecule has 1 aromatic rings. The second-order valence-electron chi connectivity index (χ2n) is 7.95. The van der Waals surface area contributed by atoms with Gasteiger partial charge in [-0.2, -0.15) is 0 Å². The number of carbonyl (C=O) groups is 2. The van der Waals surface area contributed by atoms with Crippen LogP contribution in [0.2, 0.25) is 5.02 Å². The van der Waals surface area contributed by atoms with Crippen molar-refractivity contribution in [2.75, 3.05) is 39.8 Å². The van der Waals surface area contributed by atoms with Gasteiger partial charge in [0, 0.05) is 51.2 Å². The Morgan fingerprint density at radius 2 is 1.93 bits per heavy atom. The maximum atomic E-state index is 12.6. The van der Waals surface area contributed by atoms with Gasteiger partial charge in [0.15, 0.2) is 6.61 Å². The van der Waals surface area contributed by atoms with Gasteiger partial charge in [0.05, 0.1) is 12.1 Å². The molecular weight excluding hydrogens is 394 g/mol. The molecule has 160 valence electrons. The quantitative estimate of drug-likeness (QED) is 0.777. The predicted octanol–water partition coefficient (Wildman–Crippen LogP) is 1.54. The van der Waals surface area contributed by atoms with Crippen molar-refractivity contribution in [3.63, 3.8) is 0 Å². The van der Waals surface area contributed by atoms with E-state index in [0.29, 0.717) is 23.9 Å². The number of amides is 2. The van der Waals surface area contributed by atoms with Crippen molar-refractivity contribution in [3.8, 4) is 5.75 Å². The van der Waals surface area contributed by atoms with Crippen LogP contribution in [-0.2, 0) is 9.59 Å². The number of likely N-dealkylation sites (N-methyl/N-ethyl adjacent to an activating group) is 1. The number of nitrogens with zero attached hydrogens (tertiary/aromatic N) is 3. The summed E-state index contributed by atoms with van der Waals surface area (Å²) in [7, 11) is 1.72. The van der Waals surface area contributed by atoms with Gasteiger partial charge in [-0.25, -0.2) is 0 Å². The summed E-state index contributed by atoms with van der Waals surface area (Å²) in [6, 6.07) is 5.08. The van der Waals surface area contributed by atoms with Gasteiger partial charge < -0.3 is 19.6 Å². The van der Waals surface area contributed by atoms with Crippen molar-refractivity contribution in [2.45, 2.75) is 44.9 Å². The number of halogens is 1. The zero-order chi connectivity index (χ0) is 21.1. The molecule has 0 spiro atoms. The summed E-state index contributed by atoms with van der Waals surface area (Å²) in [5, 5.41) is 11.5. The van der Waals surface area contributed by atoms with Crippen LogP contribution in [0, 0.1) is 6.92 Å². The molecule has 7 nitrogen and oxygen atoms in total. The average molecular weight is 424 g/mol. The standard InChI is InChI=1S/C21H30ClN3O4/c1-14-12-16(4-5-17(14)22)29-13-20(27)23(3)18-6-7-19(21(18)28)25-10-8-24(9-11-25)15(2)26/h4-5,12,18-19,21,28H,6-11,13H2,1-3H3/t18-,19-,21-/m1/s1. The van der Waals surface area contributed by atoms with Crippen LogP contribution in [-0.4, -0.2) is 89.6 Å². The van der Waals surface area contributed by atoms with Crippen LogP contribution in [0.5, 0.6) is 5.75 Å². The summed E-state index contributed by atoms with van der Waals surface area (Å²) >= 11 is 6.02. The fourth-order valence-electron chi connectivity index (χ4n) is 4.27. The highest BCUT2D eigenvalue weighted by atomic mass is 35.5. The van der Waals surface area contributed by atoms with Crippen molar-refractivity contribution in [3.05, 3.63) is 28.8 Å². The highest BCUT2D eigenvalue weighted by molar-refractivity contribution is 6.31. The number of hydrogen-bond donors (Lipinski definition) is 1. The second-order valence-corrected chi connectivity index (χ2v) is 8.36. The molecule has 1 heterocycles. The first kappa shape index (κ1) is 21.9. The molecule has 1 saturated heterocycles. The van der Waals surface area contributed by atoms with Gasteiger partial charge in [-0.1, -0.05) is 11.6 Å². The van der Waals surface area contributed by atoms with Gasteiger partial charge in [0.1, 0.15) is 5.75 Å².